The number of ether oxygens (including phenoxy) is 1. The van der Waals surface area contributed by atoms with E-state index in [1.54, 1.807) is 0 Å². The number of morpholine rings is 1. The summed E-state index contributed by atoms with van der Waals surface area (Å²) in [4.78, 5) is 6.90. The van der Waals surface area contributed by atoms with Crippen molar-refractivity contribution in [1.29, 1.82) is 0 Å². The van der Waals surface area contributed by atoms with Gasteiger partial charge in [0.1, 0.15) is 0 Å². The Morgan fingerprint density at radius 2 is 2.26 bits per heavy atom. The van der Waals surface area contributed by atoms with Gasteiger partial charge < -0.3 is 15.4 Å². The lowest BCUT2D eigenvalue weighted by molar-refractivity contribution is -0.0496. The Morgan fingerprint density at radius 1 is 1.44 bits per heavy atom. The molecule has 152 valence electrons. The van der Waals surface area contributed by atoms with Crippen molar-refractivity contribution in [2.24, 2.45) is 4.99 Å². The average Bonchev–Trinajstić information content (AvgIpc) is 3.05. The molecule has 0 amide bonds. The van der Waals surface area contributed by atoms with E-state index < -0.39 is 0 Å². The van der Waals surface area contributed by atoms with Crippen molar-refractivity contribution in [3.63, 3.8) is 0 Å². The van der Waals surface area contributed by atoms with Crippen LogP contribution >= 0.6 is 0 Å². The molecule has 1 aromatic rings. The summed E-state index contributed by atoms with van der Waals surface area (Å²) in [5.74, 6) is 0.887. The first-order chi connectivity index (χ1) is 12.9. The van der Waals surface area contributed by atoms with Crippen molar-refractivity contribution < 1.29 is 4.74 Å². The quantitative estimate of drug-likeness (QED) is 0.604. The number of guanidine groups is 1. The summed E-state index contributed by atoms with van der Waals surface area (Å²) in [5, 5.41) is 11.8. The number of hydrogen-bond acceptors (Lipinski definition) is 4. The summed E-state index contributed by atoms with van der Waals surface area (Å²) in [7, 11) is 1.84. The Hall–Kier alpha value is -1.60. The minimum atomic E-state index is 0.103. The Labute approximate surface area is 163 Å². The number of hydrogen-bond donors (Lipinski definition) is 2. The number of nitrogens with zero attached hydrogens (tertiary/aromatic N) is 4. The van der Waals surface area contributed by atoms with Crippen LogP contribution < -0.4 is 10.6 Å². The maximum Gasteiger partial charge on any atom is 0.191 e. The molecular weight excluding hydrogens is 340 g/mol. The highest BCUT2D eigenvalue weighted by Crippen LogP contribution is 2.22. The molecule has 2 aliphatic rings. The lowest BCUT2D eigenvalue weighted by atomic mass is 9.94. The van der Waals surface area contributed by atoms with Crippen molar-refractivity contribution in [3.05, 3.63) is 17.5 Å². The largest absolute Gasteiger partial charge is 0.378 e. The molecule has 3 rings (SSSR count). The smallest absolute Gasteiger partial charge is 0.191 e. The summed E-state index contributed by atoms with van der Waals surface area (Å²) in [6, 6.07) is 0.805. The fourth-order valence-electron chi connectivity index (χ4n) is 3.90. The number of aromatic nitrogens is 2. The second-order valence-electron chi connectivity index (χ2n) is 8.61. The topological polar surface area (TPSA) is 66.7 Å². The van der Waals surface area contributed by atoms with E-state index in [-0.39, 0.29) is 5.54 Å². The molecule has 7 nitrogen and oxygen atoms in total. The van der Waals surface area contributed by atoms with E-state index in [1.807, 2.05) is 7.05 Å². The van der Waals surface area contributed by atoms with Gasteiger partial charge >= 0.3 is 0 Å². The first kappa shape index (κ1) is 20.1. The van der Waals surface area contributed by atoms with Crippen LogP contribution in [0.2, 0.25) is 0 Å². The monoisotopic (exact) mass is 376 g/mol. The molecule has 1 aliphatic carbocycles. The lowest BCUT2D eigenvalue weighted by Crippen LogP contribution is -2.55. The predicted octanol–water partition coefficient (Wildman–Crippen LogP) is 1.60. The highest BCUT2D eigenvalue weighted by atomic mass is 16.5. The van der Waals surface area contributed by atoms with Crippen LogP contribution in [0.1, 0.15) is 51.4 Å². The molecule has 0 bridgehead atoms. The normalized spacial score (nSPS) is 23.3. The molecule has 0 saturated carbocycles. The molecule has 0 spiro atoms. The zero-order valence-electron chi connectivity index (χ0n) is 17.6. The van der Waals surface area contributed by atoms with Crippen LogP contribution in [-0.4, -0.2) is 72.1 Å². The lowest BCUT2D eigenvalue weighted by Gasteiger charge is -2.42. The maximum absolute atomic E-state index is 5.60. The molecule has 7 heteroatoms. The van der Waals surface area contributed by atoms with Gasteiger partial charge in [-0.1, -0.05) is 0 Å². The molecule has 1 saturated heterocycles. The van der Waals surface area contributed by atoms with Gasteiger partial charge in [0.25, 0.3) is 0 Å². The Kier molecular flexibility index (Phi) is 6.42. The fourth-order valence-corrected chi connectivity index (χ4v) is 3.90. The van der Waals surface area contributed by atoms with E-state index >= 15 is 0 Å². The van der Waals surface area contributed by atoms with Crippen LogP contribution in [0.3, 0.4) is 0 Å². The fraction of sp³-hybridized carbons (Fsp3) is 0.800. The zero-order valence-corrected chi connectivity index (χ0v) is 17.6. The van der Waals surface area contributed by atoms with Gasteiger partial charge in [-0.3, -0.25) is 14.6 Å². The van der Waals surface area contributed by atoms with Crippen LogP contribution in [0.15, 0.2) is 11.2 Å². The summed E-state index contributed by atoms with van der Waals surface area (Å²) in [6.45, 7) is 13.3. The standard InChI is InChI=1S/C20H36N6O/c1-15(2)26-13-16-6-7-17(12-18(16)24-26)23-19(21-5)22-8-9-25-10-11-27-14-20(25,3)4/h13,15,17H,6-12,14H2,1-5H3,(H2,21,22,23). The van der Waals surface area contributed by atoms with Crippen molar-refractivity contribution in [3.8, 4) is 0 Å². The second kappa shape index (κ2) is 8.61. The van der Waals surface area contributed by atoms with Crippen molar-refractivity contribution in [2.75, 3.05) is 39.9 Å². The highest BCUT2D eigenvalue weighted by molar-refractivity contribution is 5.80. The van der Waals surface area contributed by atoms with Crippen molar-refractivity contribution >= 4 is 5.96 Å². The van der Waals surface area contributed by atoms with Gasteiger partial charge in [0.15, 0.2) is 5.96 Å². The molecule has 1 unspecified atom stereocenters. The van der Waals surface area contributed by atoms with Gasteiger partial charge in [-0.15, -0.1) is 0 Å². The molecule has 2 N–H and O–H groups in total. The van der Waals surface area contributed by atoms with Gasteiger partial charge in [0.05, 0.1) is 18.9 Å². The summed E-state index contributed by atoms with van der Waals surface area (Å²) in [5.41, 5.74) is 2.74. The van der Waals surface area contributed by atoms with Gasteiger partial charge in [0.2, 0.25) is 0 Å². The van der Waals surface area contributed by atoms with Crippen molar-refractivity contribution in [2.45, 2.75) is 64.6 Å². The first-order valence-corrected chi connectivity index (χ1v) is 10.3. The van der Waals surface area contributed by atoms with Gasteiger partial charge in [-0.2, -0.15) is 5.10 Å². The van der Waals surface area contributed by atoms with Gasteiger partial charge in [-0.05, 0) is 46.1 Å². The molecule has 27 heavy (non-hydrogen) atoms. The Balaban J connectivity index is 1.47. The maximum atomic E-state index is 5.60. The molecule has 1 fully saturated rings. The number of aliphatic imine (C=N–C) groups is 1. The molecule has 1 atom stereocenters. The summed E-state index contributed by atoms with van der Waals surface area (Å²) >= 11 is 0. The van der Waals surface area contributed by atoms with Crippen LogP contribution in [0, 0.1) is 0 Å². The summed E-state index contributed by atoms with van der Waals surface area (Å²) in [6.07, 6.45) is 5.38. The van der Waals surface area contributed by atoms with E-state index in [2.05, 4.69) is 59.1 Å². The Bertz CT molecular complexity index is 651. The SMILES string of the molecule is CN=C(NCCN1CCOCC1(C)C)NC1CCc2cn(C(C)C)nc2C1. The molecular formula is C20H36N6O. The summed E-state index contributed by atoms with van der Waals surface area (Å²) < 4.78 is 7.69. The molecule has 1 aromatic heterocycles. The van der Waals surface area contributed by atoms with Crippen LogP contribution in [-0.2, 0) is 17.6 Å². The van der Waals surface area contributed by atoms with Crippen molar-refractivity contribution in [1.82, 2.24) is 25.3 Å². The predicted molar refractivity (Wildman–Crippen MR) is 109 cm³/mol. The van der Waals surface area contributed by atoms with E-state index in [9.17, 15) is 0 Å². The number of fused-ring (bicyclic) bond motifs is 1. The average molecular weight is 377 g/mol. The van der Waals surface area contributed by atoms with Crippen LogP contribution in [0.5, 0.6) is 0 Å². The minimum Gasteiger partial charge on any atom is -0.378 e. The Morgan fingerprint density at radius 3 is 2.96 bits per heavy atom. The van der Waals surface area contributed by atoms with E-state index in [4.69, 9.17) is 9.84 Å². The number of rotatable bonds is 5. The van der Waals surface area contributed by atoms with Gasteiger partial charge in [-0.25, -0.2) is 0 Å². The van der Waals surface area contributed by atoms with Gasteiger partial charge in [0, 0.05) is 56.9 Å². The van der Waals surface area contributed by atoms with E-state index in [1.165, 1.54) is 11.3 Å². The third-order valence-electron chi connectivity index (χ3n) is 5.68. The molecule has 2 heterocycles. The molecule has 0 radical (unpaired) electrons. The van der Waals surface area contributed by atoms with Crippen LogP contribution in [0.25, 0.3) is 0 Å². The van der Waals surface area contributed by atoms with E-state index in [0.717, 1.165) is 58.1 Å². The zero-order chi connectivity index (χ0) is 19.4. The highest BCUT2D eigenvalue weighted by Gasteiger charge is 2.30. The third kappa shape index (κ3) is 5.02. The second-order valence-corrected chi connectivity index (χ2v) is 8.61. The van der Waals surface area contributed by atoms with Crippen LogP contribution in [0.4, 0.5) is 0 Å². The number of nitrogens with one attached hydrogen (secondary N) is 2. The molecule has 0 aromatic carbocycles. The first-order valence-electron chi connectivity index (χ1n) is 10.3. The van der Waals surface area contributed by atoms with E-state index in [0.29, 0.717) is 12.1 Å². The molecule has 1 aliphatic heterocycles. The minimum absolute atomic E-state index is 0.103. The third-order valence-corrected chi connectivity index (χ3v) is 5.68. The number of aryl methyl sites for hydroxylation is 1.